The Bertz CT molecular complexity index is 1300. The summed E-state index contributed by atoms with van der Waals surface area (Å²) in [6.45, 7) is 4.36. The molecule has 10 saturated carbocycles. The molecular weight excluding hydrogens is 673 g/mol. The molecule has 0 aromatic heterocycles. The van der Waals surface area contributed by atoms with Gasteiger partial charge in [-0.1, -0.05) is 13.8 Å². The highest BCUT2D eigenvalue weighted by molar-refractivity contribution is 8.00. The Labute approximate surface area is 308 Å². The quantitative estimate of drug-likeness (QED) is 0.0972. The van der Waals surface area contributed by atoms with Crippen molar-refractivity contribution < 1.29 is 19.1 Å². The maximum Gasteiger partial charge on any atom is 0.309 e. The van der Waals surface area contributed by atoms with E-state index < -0.39 is 0 Å². The highest BCUT2D eigenvalue weighted by Gasteiger charge is 2.69. The van der Waals surface area contributed by atoms with Crippen LogP contribution in [-0.2, 0) is 19.1 Å². The van der Waals surface area contributed by atoms with E-state index in [0.717, 1.165) is 111 Å². The van der Waals surface area contributed by atoms with Crippen molar-refractivity contribution in [3.63, 3.8) is 0 Å². The van der Waals surface area contributed by atoms with Gasteiger partial charge in [-0.25, -0.2) is 0 Å². The minimum atomic E-state index is -0.143. The third-order valence-corrected chi connectivity index (χ3v) is 21.4. The lowest BCUT2D eigenvalue weighted by molar-refractivity contribution is -0.155. The van der Waals surface area contributed by atoms with Crippen LogP contribution in [0.1, 0.15) is 78.1 Å². The van der Waals surface area contributed by atoms with Crippen molar-refractivity contribution in [2.75, 3.05) is 24.7 Å². The average Bonchev–Trinajstić information content (AvgIpc) is 3.90. The molecule has 22 unspecified atom stereocenters. The summed E-state index contributed by atoms with van der Waals surface area (Å²) < 4.78 is 11.2. The first-order chi connectivity index (χ1) is 23.2. The van der Waals surface area contributed by atoms with Crippen LogP contribution in [-0.4, -0.2) is 57.7 Å². The van der Waals surface area contributed by atoms with E-state index in [9.17, 15) is 9.59 Å². The zero-order valence-electron chi connectivity index (χ0n) is 28.9. The first-order valence-corrected chi connectivity index (χ1v) is 23.3. The maximum absolute atomic E-state index is 12.8. The normalized spacial score (nSPS) is 55.2. The van der Waals surface area contributed by atoms with Gasteiger partial charge in [-0.15, -0.1) is 0 Å². The van der Waals surface area contributed by atoms with Gasteiger partial charge in [0.2, 0.25) is 0 Å². The summed E-state index contributed by atoms with van der Waals surface area (Å²) in [6.07, 6.45) is 14.2. The van der Waals surface area contributed by atoms with Gasteiger partial charge < -0.3 is 9.47 Å². The SMILES string of the molecule is CC(CSC1CC2C(C1)C1CC2C2C3CC(S)C(C3)C12)C(=O)OCCOC(=O)C(C)CSC1CC2CC1C1C3CC(C4CC(S)CC43)C21. The third-order valence-electron chi connectivity index (χ3n) is 17.2. The lowest BCUT2D eigenvalue weighted by atomic mass is 9.64. The van der Waals surface area contributed by atoms with Crippen LogP contribution in [0.5, 0.6) is 0 Å². The Balaban J connectivity index is 0.623. The third kappa shape index (κ3) is 5.05. The fourth-order valence-electron chi connectivity index (χ4n) is 16.1. The first kappa shape index (κ1) is 32.9. The number of rotatable bonds is 11. The summed E-state index contributed by atoms with van der Waals surface area (Å²) in [6, 6.07) is 0. The Morgan fingerprint density at radius 1 is 0.562 bits per heavy atom. The predicted molar refractivity (Wildman–Crippen MR) is 200 cm³/mol. The zero-order valence-corrected chi connectivity index (χ0v) is 32.4. The molecule has 0 N–H and O–H groups in total. The minimum Gasteiger partial charge on any atom is -0.462 e. The van der Waals surface area contributed by atoms with Gasteiger partial charge in [-0.05, 0) is 159 Å². The molecule has 0 radical (unpaired) electrons. The van der Waals surface area contributed by atoms with E-state index in [2.05, 4.69) is 11.8 Å². The summed E-state index contributed by atoms with van der Waals surface area (Å²) >= 11 is 14.0. The molecule has 0 saturated heterocycles. The number of carbonyl (C=O) groups is 2. The smallest absolute Gasteiger partial charge is 0.309 e. The molecule has 10 rings (SSSR count). The number of thioether (sulfide) groups is 2. The lowest BCUT2D eigenvalue weighted by Gasteiger charge is -2.43. The molecule has 0 heterocycles. The van der Waals surface area contributed by atoms with Crippen LogP contribution >= 0.6 is 48.8 Å². The number of ether oxygens (including phenoxy) is 2. The molecule has 4 nitrogen and oxygen atoms in total. The van der Waals surface area contributed by atoms with Crippen LogP contribution in [0.4, 0.5) is 0 Å². The number of hydrogen-bond acceptors (Lipinski definition) is 8. The Kier molecular flexibility index (Phi) is 8.55. The Hall–Kier alpha value is 0.340. The van der Waals surface area contributed by atoms with E-state index in [4.69, 9.17) is 34.7 Å². The fraction of sp³-hybridized carbons (Fsp3) is 0.950. The molecule has 8 heteroatoms. The standard InChI is InChI=1S/C40H58O4S4/c1-17(15-47-22-11-25-26(12-22)30-14-28(25)35-19-5-31(37(30)35)33(46)7-19)39(41)43-3-4-44-40(42)18(2)16-48-34-8-20-6-32(34)38-29-13-27(36(20)38)23-9-21(45)10-24(23)29/h17-38,45-46H,3-16H2,1-2H3. The van der Waals surface area contributed by atoms with Crippen LogP contribution < -0.4 is 0 Å². The number of hydrogen-bond donors (Lipinski definition) is 2. The van der Waals surface area contributed by atoms with Crippen molar-refractivity contribution in [2.45, 2.75) is 99.1 Å². The second kappa shape index (κ2) is 12.5. The number of thiol groups is 2. The van der Waals surface area contributed by atoms with Crippen molar-refractivity contribution in [3.05, 3.63) is 0 Å². The topological polar surface area (TPSA) is 52.6 Å². The van der Waals surface area contributed by atoms with Crippen LogP contribution in [0.3, 0.4) is 0 Å². The summed E-state index contributed by atoms with van der Waals surface area (Å²) in [7, 11) is 0. The van der Waals surface area contributed by atoms with Crippen LogP contribution in [0.2, 0.25) is 0 Å². The van der Waals surface area contributed by atoms with Gasteiger partial charge in [-0.3, -0.25) is 9.59 Å². The van der Waals surface area contributed by atoms with Crippen LogP contribution in [0.25, 0.3) is 0 Å². The van der Waals surface area contributed by atoms with Gasteiger partial charge in [0, 0.05) is 32.5 Å². The number of carbonyl (C=O) groups excluding carboxylic acids is 2. The summed E-state index contributed by atoms with van der Waals surface area (Å²) in [5, 5.41) is 2.76. The van der Waals surface area contributed by atoms with Gasteiger partial charge >= 0.3 is 11.9 Å². The molecule has 0 spiro atoms. The van der Waals surface area contributed by atoms with Crippen molar-refractivity contribution in [1.82, 2.24) is 0 Å². The molecular formula is C40H58O4S4. The van der Waals surface area contributed by atoms with Crippen molar-refractivity contribution in [3.8, 4) is 0 Å². The van der Waals surface area contributed by atoms with E-state index in [1.54, 1.807) is 0 Å². The van der Waals surface area contributed by atoms with Crippen LogP contribution in [0, 0.1) is 107 Å². The molecule has 10 aliphatic rings. The van der Waals surface area contributed by atoms with Crippen molar-refractivity contribution >= 4 is 60.7 Å². The largest absolute Gasteiger partial charge is 0.462 e. The van der Waals surface area contributed by atoms with Gasteiger partial charge in [0.15, 0.2) is 0 Å². The van der Waals surface area contributed by atoms with Gasteiger partial charge in [0.05, 0.1) is 11.8 Å². The molecule has 10 fully saturated rings. The number of esters is 2. The summed E-state index contributed by atoms with van der Waals surface area (Å²) in [5.41, 5.74) is 0. The summed E-state index contributed by atoms with van der Waals surface area (Å²) in [4.78, 5) is 25.6. The molecule has 0 amide bonds. The molecule has 0 aliphatic heterocycles. The highest BCUT2D eigenvalue weighted by Crippen LogP contribution is 2.75. The Morgan fingerprint density at radius 3 is 1.69 bits per heavy atom. The molecule has 10 aliphatic carbocycles. The van der Waals surface area contributed by atoms with E-state index in [1.165, 1.54) is 64.2 Å². The van der Waals surface area contributed by atoms with E-state index in [1.807, 2.05) is 25.6 Å². The second-order valence-electron chi connectivity index (χ2n) is 19.0. The average molecular weight is 731 g/mol. The van der Waals surface area contributed by atoms with Gasteiger partial charge in [0.1, 0.15) is 13.2 Å². The Morgan fingerprint density at radius 2 is 1.06 bits per heavy atom. The minimum absolute atomic E-state index is 0.115. The number of fused-ring (bicyclic) bond motifs is 24. The van der Waals surface area contributed by atoms with E-state index in [-0.39, 0.29) is 37.0 Å². The van der Waals surface area contributed by atoms with E-state index >= 15 is 0 Å². The van der Waals surface area contributed by atoms with Crippen molar-refractivity contribution in [2.24, 2.45) is 107 Å². The maximum atomic E-state index is 12.8. The second-order valence-corrected chi connectivity index (χ2v) is 23.0. The molecule has 0 aromatic rings. The lowest BCUT2D eigenvalue weighted by Crippen LogP contribution is -2.39. The zero-order chi connectivity index (χ0) is 32.6. The molecule has 22 atom stereocenters. The molecule has 48 heavy (non-hydrogen) atoms. The monoisotopic (exact) mass is 730 g/mol. The molecule has 0 aromatic carbocycles. The van der Waals surface area contributed by atoms with Crippen molar-refractivity contribution in [1.29, 1.82) is 0 Å². The van der Waals surface area contributed by atoms with Gasteiger partial charge in [0.25, 0.3) is 0 Å². The fourth-order valence-corrected chi connectivity index (χ4v) is 20.1. The molecule has 8 bridgehead atoms. The van der Waals surface area contributed by atoms with Gasteiger partial charge in [-0.2, -0.15) is 48.8 Å². The van der Waals surface area contributed by atoms with E-state index in [0.29, 0.717) is 15.7 Å². The predicted octanol–water partition coefficient (Wildman–Crippen LogP) is 8.04. The highest BCUT2D eigenvalue weighted by atomic mass is 32.2. The first-order valence-electron chi connectivity index (χ1n) is 20.2. The van der Waals surface area contributed by atoms with Crippen LogP contribution in [0.15, 0.2) is 0 Å². The molecule has 266 valence electrons. The summed E-state index contributed by atoms with van der Waals surface area (Å²) in [5.74, 6) is 16.7.